The van der Waals surface area contributed by atoms with E-state index in [-0.39, 0.29) is 0 Å². The maximum atomic E-state index is 13.4. The highest BCUT2D eigenvalue weighted by atomic mass is 19.4. The van der Waals surface area contributed by atoms with Gasteiger partial charge >= 0.3 is 12.1 Å². The zero-order valence-corrected chi connectivity index (χ0v) is 13.1. The average molecular weight is 378 g/mol. The molecule has 0 saturated carbocycles. The number of hydrogen-bond acceptors (Lipinski definition) is 5. The first-order chi connectivity index (χ1) is 12.0. The molecule has 0 aliphatic rings. The molecule has 0 bridgehead atoms. The molecule has 0 aliphatic heterocycles. The largest absolute Gasteiger partial charge is 0.468 e. The molecule has 0 amide bonds. The van der Waals surface area contributed by atoms with Crippen LogP contribution in [0.5, 0.6) is 0 Å². The van der Waals surface area contributed by atoms with Crippen LogP contribution < -0.4 is 5.56 Å². The summed E-state index contributed by atoms with van der Waals surface area (Å²) in [5, 5.41) is 12.9. The normalized spacial score (nSPS) is 12.7. The van der Waals surface area contributed by atoms with Gasteiger partial charge in [0.15, 0.2) is 6.10 Å². The minimum absolute atomic E-state index is 0.343. The lowest BCUT2D eigenvalue weighted by atomic mass is 10.0. The molecule has 2 rings (SSSR count). The fourth-order valence-electron chi connectivity index (χ4n) is 2.10. The van der Waals surface area contributed by atoms with Gasteiger partial charge in [-0.3, -0.25) is 9.59 Å². The molecule has 1 atom stereocenters. The van der Waals surface area contributed by atoms with Gasteiger partial charge in [0.25, 0.3) is 5.56 Å². The summed E-state index contributed by atoms with van der Waals surface area (Å²) in [5.41, 5.74) is -3.19. The van der Waals surface area contributed by atoms with Crippen molar-refractivity contribution in [2.45, 2.75) is 18.8 Å². The van der Waals surface area contributed by atoms with Crippen LogP contribution in [-0.4, -0.2) is 34.1 Å². The van der Waals surface area contributed by atoms with Crippen LogP contribution in [-0.2, 0) is 16.1 Å². The summed E-state index contributed by atoms with van der Waals surface area (Å²) in [6.07, 6.45) is -8.34. The highest BCUT2D eigenvalue weighted by Gasteiger charge is 2.42. The van der Waals surface area contributed by atoms with Gasteiger partial charge in [-0.15, -0.1) is 0 Å². The molecule has 11 heteroatoms. The number of aliphatic hydroxyl groups excluding tert-OH is 1. The van der Waals surface area contributed by atoms with Crippen molar-refractivity contribution >= 4 is 5.97 Å². The van der Waals surface area contributed by atoms with E-state index >= 15 is 0 Å². The number of aliphatic hydroxyl groups is 1. The molecule has 6 nitrogen and oxygen atoms in total. The van der Waals surface area contributed by atoms with Gasteiger partial charge in [0.2, 0.25) is 0 Å². The molecular weight excluding hydrogens is 367 g/mol. The predicted molar refractivity (Wildman–Crippen MR) is 76.9 cm³/mol. The monoisotopic (exact) mass is 378 g/mol. The van der Waals surface area contributed by atoms with Crippen molar-refractivity contribution in [3.05, 3.63) is 51.9 Å². The highest BCUT2D eigenvalue weighted by molar-refractivity contribution is 5.69. The van der Waals surface area contributed by atoms with E-state index in [4.69, 9.17) is 0 Å². The first kappa shape index (κ1) is 19.5. The third-order valence-corrected chi connectivity index (χ3v) is 3.28. The summed E-state index contributed by atoms with van der Waals surface area (Å²) >= 11 is 0. The van der Waals surface area contributed by atoms with E-state index in [1.807, 2.05) is 0 Å². The molecule has 0 saturated heterocycles. The number of alkyl halides is 3. The Morgan fingerprint density at radius 1 is 1.23 bits per heavy atom. The van der Waals surface area contributed by atoms with Crippen LogP contribution in [0.2, 0.25) is 0 Å². The van der Waals surface area contributed by atoms with E-state index in [0.717, 1.165) is 7.11 Å². The Morgan fingerprint density at radius 3 is 2.31 bits per heavy atom. The zero-order valence-electron chi connectivity index (χ0n) is 13.1. The molecule has 0 spiro atoms. The quantitative estimate of drug-likeness (QED) is 0.650. The zero-order chi connectivity index (χ0) is 19.6. The van der Waals surface area contributed by atoms with Gasteiger partial charge in [-0.05, 0) is 17.7 Å². The SMILES string of the molecule is COC(=O)Cn1nc(C(O)C(F)(F)F)c(-c2cc(F)cc(F)c2)cc1=O. The van der Waals surface area contributed by atoms with Crippen molar-refractivity contribution in [1.29, 1.82) is 0 Å². The molecule has 140 valence electrons. The predicted octanol–water partition coefficient (Wildman–Crippen LogP) is 1.96. The van der Waals surface area contributed by atoms with Crippen LogP contribution >= 0.6 is 0 Å². The maximum Gasteiger partial charge on any atom is 0.420 e. The lowest BCUT2D eigenvalue weighted by molar-refractivity contribution is -0.208. The van der Waals surface area contributed by atoms with E-state index in [0.29, 0.717) is 28.9 Å². The fourth-order valence-corrected chi connectivity index (χ4v) is 2.10. The number of methoxy groups -OCH3 is 1. The molecule has 1 aromatic carbocycles. The Labute approximate surface area is 142 Å². The highest BCUT2D eigenvalue weighted by Crippen LogP contribution is 2.36. The van der Waals surface area contributed by atoms with Crippen molar-refractivity contribution in [3.8, 4) is 11.1 Å². The molecule has 2 aromatic rings. The first-order valence-corrected chi connectivity index (χ1v) is 6.93. The molecule has 26 heavy (non-hydrogen) atoms. The van der Waals surface area contributed by atoms with Gasteiger partial charge in [-0.2, -0.15) is 18.3 Å². The number of carbonyl (C=O) groups is 1. The number of rotatable bonds is 4. The van der Waals surface area contributed by atoms with Crippen LogP contribution in [0.15, 0.2) is 29.1 Å². The fraction of sp³-hybridized carbons (Fsp3) is 0.267. The second-order valence-electron chi connectivity index (χ2n) is 5.12. The average Bonchev–Trinajstić information content (AvgIpc) is 2.53. The van der Waals surface area contributed by atoms with Crippen LogP contribution in [0.25, 0.3) is 11.1 Å². The lowest BCUT2D eigenvalue weighted by Crippen LogP contribution is -2.31. The minimum atomic E-state index is -5.18. The van der Waals surface area contributed by atoms with Gasteiger partial charge in [0, 0.05) is 17.7 Å². The molecule has 1 unspecified atom stereocenters. The maximum absolute atomic E-state index is 13.4. The molecule has 1 heterocycles. The molecule has 0 fully saturated rings. The third-order valence-electron chi connectivity index (χ3n) is 3.28. The summed E-state index contributed by atoms with van der Waals surface area (Å²) in [6, 6.07) is 2.43. The summed E-state index contributed by atoms with van der Waals surface area (Å²) in [5.74, 6) is -3.19. The molecule has 1 N–H and O–H groups in total. The van der Waals surface area contributed by atoms with Crippen LogP contribution in [0.3, 0.4) is 0 Å². The summed E-state index contributed by atoms with van der Waals surface area (Å²) < 4.78 is 70.2. The number of esters is 1. The van der Waals surface area contributed by atoms with E-state index in [1.165, 1.54) is 0 Å². The smallest absolute Gasteiger partial charge is 0.420 e. The summed E-state index contributed by atoms with van der Waals surface area (Å²) in [6.45, 7) is -0.815. The number of carbonyl (C=O) groups excluding carboxylic acids is 1. The van der Waals surface area contributed by atoms with Gasteiger partial charge in [0.05, 0.1) is 7.11 Å². The van der Waals surface area contributed by atoms with Gasteiger partial charge < -0.3 is 9.84 Å². The number of ether oxygens (including phenoxy) is 1. The van der Waals surface area contributed by atoms with Crippen LogP contribution in [0.1, 0.15) is 11.8 Å². The summed E-state index contributed by atoms with van der Waals surface area (Å²) in [4.78, 5) is 23.3. The van der Waals surface area contributed by atoms with Crippen molar-refractivity contribution < 1.29 is 36.6 Å². The van der Waals surface area contributed by atoms with E-state index < -0.39 is 58.8 Å². The van der Waals surface area contributed by atoms with E-state index in [9.17, 15) is 36.6 Å². The Bertz CT molecular complexity index is 874. The number of benzene rings is 1. The van der Waals surface area contributed by atoms with Gasteiger partial charge in [-0.25, -0.2) is 13.5 Å². The summed E-state index contributed by atoms with van der Waals surface area (Å²) in [7, 11) is 0.989. The number of halogens is 5. The Morgan fingerprint density at radius 2 is 1.81 bits per heavy atom. The second-order valence-corrected chi connectivity index (χ2v) is 5.12. The standard InChI is InChI=1S/C15H11F5N2O4/c1-26-12(24)6-22-11(23)5-10(7-2-8(16)4-9(17)3-7)13(21-22)14(25)15(18,19)20/h2-5,14,25H,6H2,1H3. The molecule has 0 radical (unpaired) electrons. The Balaban J connectivity index is 2.71. The first-order valence-electron chi connectivity index (χ1n) is 6.93. The van der Waals surface area contributed by atoms with Gasteiger partial charge in [-0.1, -0.05) is 0 Å². The van der Waals surface area contributed by atoms with Gasteiger partial charge in [0.1, 0.15) is 23.9 Å². The third kappa shape index (κ3) is 4.23. The molecule has 1 aromatic heterocycles. The topological polar surface area (TPSA) is 81.4 Å². The number of nitrogens with zero attached hydrogens (tertiary/aromatic N) is 2. The second kappa shape index (κ2) is 7.20. The van der Waals surface area contributed by atoms with Crippen LogP contribution in [0, 0.1) is 11.6 Å². The number of aromatic nitrogens is 2. The van der Waals surface area contributed by atoms with E-state index in [2.05, 4.69) is 9.84 Å². The van der Waals surface area contributed by atoms with Crippen LogP contribution in [0.4, 0.5) is 22.0 Å². The van der Waals surface area contributed by atoms with Crippen molar-refractivity contribution in [1.82, 2.24) is 9.78 Å². The number of hydrogen-bond donors (Lipinski definition) is 1. The minimum Gasteiger partial charge on any atom is -0.468 e. The van der Waals surface area contributed by atoms with Crippen molar-refractivity contribution in [2.75, 3.05) is 7.11 Å². The molecule has 0 aliphatic carbocycles. The van der Waals surface area contributed by atoms with Crippen molar-refractivity contribution in [2.24, 2.45) is 0 Å². The Hall–Kier alpha value is -2.82. The Kier molecular flexibility index (Phi) is 5.40. The molecular formula is C15H11F5N2O4. The lowest BCUT2D eigenvalue weighted by Gasteiger charge is -2.18. The van der Waals surface area contributed by atoms with Crippen molar-refractivity contribution in [3.63, 3.8) is 0 Å². The van der Waals surface area contributed by atoms with E-state index in [1.54, 1.807) is 0 Å².